The Kier molecular flexibility index (Phi) is 2.52. The van der Waals surface area contributed by atoms with Gasteiger partial charge in [-0.25, -0.2) is 4.98 Å². The van der Waals surface area contributed by atoms with Crippen LogP contribution in [-0.2, 0) is 7.05 Å². The van der Waals surface area contributed by atoms with Crippen LogP contribution < -0.4 is 0 Å². The molecule has 0 aliphatic carbocycles. The van der Waals surface area contributed by atoms with Gasteiger partial charge in [-0.15, -0.1) is 11.3 Å². The van der Waals surface area contributed by atoms with Crippen LogP contribution in [0.4, 0.5) is 0 Å². The van der Waals surface area contributed by atoms with Crippen LogP contribution in [0, 0.1) is 0 Å². The summed E-state index contributed by atoms with van der Waals surface area (Å²) in [4.78, 5) is 16.0. The van der Waals surface area contributed by atoms with Crippen molar-refractivity contribution in [2.75, 3.05) is 0 Å². The van der Waals surface area contributed by atoms with Crippen molar-refractivity contribution in [3.63, 3.8) is 0 Å². The standard InChI is InChI=1S/C9H7BrN2OS/c1-12-5-11-9(7(12)3-13)8-2-6(10)4-14-8/h2-5H,1H3. The number of carbonyl (C=O) groups is 1. The molecule has 0 saturated heterocycles. The molecular weight excluding hydrogens is 264 g/mol. The Morgan fingerprint density at radius 1 is 1.64 bits per heavy atom. The number of hydrogen-bond acceptors (Lipinski definition) is 3. The van der Waals surface area contributed by atoms with Crippen molar-refractivity contribution < 1.29 is 4.79 Å². The highest BCUT2D eigenvalue weighted by molar-refractivity contribution is 9.10. The third-order valence-electron chi connectivity index (χ3n) is 1.90. The summed E-state index contributed by atoms with van der Waals surface area (Å²) in [5.74, 6) is 0. The van der Waals surface area contributed by atoms with Crippen molar-refractivity contribution in [2.24, 2.45) is 7.05 Å². The van der Waals surface area contributed by atoms with Gasteiger partial charge in [0.25, 0.3) is 0 Å². The molecule has 0 amide bonds. The fraction of sp³-hybridized carbons (Fsp3) is 0.111. The fourth-order valence-corrected chi connectivity index (χ4v) is 2.64. The van der Waals surface area contributed by atoms with Gasteiger partial charge in [-0.05, 0) is 22.0 Å². The van der Waals surface area contributed by atoms with E-state index in [1.807, 2.05) is 18.5 Å². The number of halogens is 1. The van der Waals surface area contributed by atoms with Gasteiger partial charge in [0, 0.05) is 16.9 Å². The van der Waals surface area contributed by atoms with E-state index < -0.39 is 0 Å². The molecule has 0 fully saturated rings. The first-order chi connectivity index (χ1) is 6.72. The predicted molar refractivity (Wildman–Crippen MR) is 59.6 cm³/mol. The number of hydrogen-bond donors (Lipinski definition) is 0. The number of rotatable bonds is 2. The zero-order valence-electron chi connectivity index (χ0n) is 7.40. The van der Waals surface area contributed by atoms with Gasteiger partial charge >= 0.3 is 0 Å². The Balaban J connectivity index is 2.56. The minimum atomic E-state index is 0.611. The molecule has 0 aliphatic heterocycles. The summed E-state index contributed by atoms with van der Waals surface area (Å²) in [6, 6.07) is 1.96. The molecule has 2 rings (SSSR count). The molecule has 0 atom stereocenters. The fourth-order valence-electron chi connectivity index (χ4n) is 1.21. The first kappa shape index (κ1) is 9.61. The lowest BCUT2D eigenvalue weighted by atomic mass is 10.3. The molecule has 2 heterocycles. The highest BCUT2D eigenvalue weighted by Gasteiger charge is 2.11. The van der Waals surface area contributed by atoms with E-state index in [1.165, 1.54) is 0 Å². The lowest BCUT2D eigenvalue weighted by molar-refractivity contribution is 0.111. The average Bonchev–Trinajstić information content (AvgIpc) is 2.71. The molecule has 0 radical (unpaired) electrons. The summed E-state index contributed by atoms with van der Waals surface area (Å²) >= 11 is 4.93. The van der Waals surface area contributed by atoms with Crippen molar-refractivity contribution >= 4 is 33.6 Å². The lowest BCUT2D eigenvalue weighted by Crippen LogP contribution is -1.93. The number of aldehydes is 1. The minimum Gasteiger partial charge on any atom is -0.331 e. The molecule has 14 heavy (non-hydrogen) atoms. The smallest absolute Gasteiger partial charge is 0.168 e. The first-order valence-electron chi connectivity index (χ1n) is 3.93. The maximum absolute atomic E-state index is 10.8. The molecule has 0 N–H and O–H groups in total. The van der Waals surface area contributed by atoms with E-state index in [4.69, 9.17) is 0 Å². The van der Waals surface area contributed by atoms with Crippen molar-refractivity contribution in [3.8, 4) is 10.6 Å². The maximum Gasteiger partial charge on any atom is 0.168 e. The monoisotopic (exact) mass is 270 g/mol. The van der Waals surface area contributed by atoms with Crippen LogP contribution in [0.2, 0.25) is 0 Å². The first-order valence-corrected chi connectivity index (χ1v) is 5.60. The summed E-state index contributed by atoms with van der Waals surface area (Å²) < 4.78 is 2.73. The van der Waals surface area contributed by atoms with Gasteiger partial charge in [-0.3, -0.25) is 4.79 Å². The summed E-state index contributed by atoms with van der Waals surface area (Å²) in [5.41, 5.74) is 1.36. The average molecular weight is 271 g/mol. The quantitative estimate of drug-likeness (QED) is 0.787. The van der Waals surface area contributed by atoms with E-state index in [0.717, 1.165) is 21.3 Å². The predicted octanol–water partition coefficient (Wildman–Crippen LogP) is 2.72. The number of carbonyl (C=O) groups excluding carboxylic acids is 1. The Labute approximate surface area is 93.5 Å². The van der Waals surface area contributed by atoms with Gasteiger partial charge in [-0.1, -0.05) is 0 Å². The molecule has 5 heteroatoms. The highest BCUT2D eigenvalue weighted by atomic mass is 79.9. The zero-order valence-corrected chi connectivity index (χ0v) is 9.80. The van der Waals surface area contributed by atoms with Crippen molar-refractivity contribution in [2.45, 2.75) is 0 Å². The van der Waals surface area contributed by atoms with Gasteiger partial charge in [0.15, 0.2) is 6.29 Å². The maximum atomic E-state index is 10.8. The number of imidazole rings is 1. The van der Waals surface area contributed by atoms with E-state index in [0.29, 0.717) is 5.69 Å². The van der Waals surface area contributed by atoms with Crippen molar-refractivity contribution in [1.29, 1.82) is 0 Å². The molecule has 2 aromatic heterocycles. The van der Waals surface area contributed by atoms with Gasteiger partial charge in [-0.2, -0.15) is 0 Å². The summed E-state index contributed by atoms with van der Waals surface area (Å²) in [6.45, 7) is 0. The SMILES string of the molecule is Cn1cnc(-c2cc(Br)cs2)c1C=O. The molecule has 0 bridgehead atoms. The van der Waals surface area contributed by atoms with Crippen molar-refractivity contribution in [3.05, 3.63) is 27.9 Å². The van der Waals surface area contributed by atoms with Gasteiger partial charge in [0.2, 0.25) is 0 Å². The molecule has 0 spiro atoms. The van der Waals surface area contributed by atoms with Crippen LogP contribution in [0.3, 0.4) is 0 Å². The third kappa shape index (κ3) is 1.53. The van der Waals surface area contributed by atoms with Crippen LogP contribution in [0.25, 0.3) is 10.6 Å². The zero-order chi connectivity index (χ0) is 10.1. The Morgan fingerprint density at radius 2 is 2.43 bits per heavy atom. The molecule has 3 nitrogen and oxygen atoms in total. The summed E-state index contributed by atoms with van der Waals surface area (Å²) in [6.07, 6.45) is 2.47. The Bertz CT molecular complexity index is 475. The minimum absolute atomic E-state index is 0.611. The second-order valence-corrected chi connectivity index (χ2v) is 4.66. The van der Waals surface area contributed by atoms with E-state index in [-0.39, 0.29) is 0 Å². The lowest BCUT2D eigenvalue weighted by Gasteiger charge is -1.94. The summed E-state index contributed by atoms with van der Waals surface area (Å²) in [5, 5.41) is 1.97. The molecule has 72 valence electrons. The van der Waals surface area contributed by atoms with Gasteiger partial charge in [0.1, 0.15) is 11.4 Å². The molecule has 0 unspecified atom stereocenters. The summed E-state index contributed by atoms with van der Waals surface area (Å²) in [7, 11) is 1.81. The van der Waals surface area contributed by atoms with Crippen LogP contribution in [0.1, 0.15) is 10.5 Å². The van der Waals surface area contributed by atoms with Crippen LogP contribution in [-0.4, -0.2) is 15.8 Å². The third-order valence-corrected chi connectivity index (χ3v) is 3.59. The number of aryl methyl sites for hydroxylation is 1. The normalized spacial score (nSPS) is 10.4. The topological polar surface area (TPSA) is 34.9 Å². The second-order valence-electron chi connectivity index (χ2n) is 2.84. The second kappa shape index (κ2) is 3.67. The largest absolute Gasteiger partial charge is 0.331 e. The number of nitrogens with zero attached hydrogens (tertiary/aromatic N) is 2. The van der Waals surface area contributed by atoms with Gasteiger partial charge in [0.05, 0.1) is 11.2 Å². The number of thiophene rings is 1. The van der Waals surface area contributed by atoms with E-state index >= 15 is 0 Å². The van der Waals surface area contributed by atoms with Crippen LogP contribution in [0.15, 0.2) is 22.2 Å². The molecule has 0 aliphatic rings. The van der Waals surface area contributed by atoms with Crippen LogP contribution >= 0.6 is 27.3 Å². The van der Waals surface area contributed by atoms with Crippen molar-refractivity contribution in [1.82, 2.24) is 9.55 Å². The Morgan fingerprint density at radius 3 is 3.00 bits per heavy atom. The molecule has 0 saturated carbocycles. The van der Waals surface area contributed by atoms with Crippen LogP contribution in [0.5, 0.6) is 0 Å². The molecule has 2 aromatic rings. The van der Waals surface area contributed by atoms with E-state index in [9.17, 15) is 4.79 Å². The Hall–Kier alpha value is -0.940. The van der Waals surface area contributed by atoms with E-state index in [1.54, 1.807) is 22.2 Å². The van der Waals surface area contributed by atoms with Gasteiger partial charge < -0.3 is 4.57 Å². The van der Waals surface area contributed by atoms with E-state index in [2.05, 4.69) is 20.9 Å². The number of aromatic nitrogens is 2. The molecule has 0 aromatic carbocycles. The molecular formula is C9H7BrN2OS. The highest BCUT2D eigenvalue weighted by Crippen LogP contribution is 2.30.